The maximum absolute atomic E-state index is 13.3. The van der Waals surface area contributed by atoms with E-state index in [9.17, 15) is 4.39 Å². The van der Waals surface area contributed by atoms with Gasteiger partial charge in [0.1, 0.15) is 5.82 Å². The molecule has 2 aliphatic carbocycles. The Labute approximate surface area is 107 Å². The Balaban J connectivity index is 1.65. The van der Waals surface area contributed by atoms with E-state index in [4.69, 9.17) is 5.26 Å². The van der Waals surface area contributed by atoms with Crippen molar-refractivity contribution in [2.45, 2.75) is 25.7 Å². The Hall–Kier alpha value is -1.56. The van der Waals surface area contributed by atoms with Crippen molar-refractivity contribution in [3.8, 4) is 6.07 Å². The maximum Gasteiger partial charge on any atom is 0.126 e. The zero-order chi connectivity index (χ0) is 12.5. The van der Waals surface area contributed by atoms with E-state index >= 15 is 0 Å². The van der Waals surface area contributed by atoms with Gasteiger partial charge in [-0.1, -0.05) is 0 Å². The van der Waals surface area contributed by atoms with Gasteiger partial charge in [-0.05, 0) is 61.6 Å². The Morgan fingerprint density at radius 3 is 2.44 bits per heavy atom. The van der Waals surface area contributed by atoms with Gasteiger partial charge in [-0.25, -0.2) is 4.39 Å². The van der Waals surface area contributed by atoms with Gasteiger partial charge in [-0.15, -0.1) is 0 Å². The summed E-state index contributed by atoms with van der Waals surface area (Å²) in [4.78, 5) is 0. The van der Waals surface area contributed by atoms with Crippen LogP contribution in [0.25, 0.3) is 0 Å². The molecule has 2 saturated carbocycles. The van der Waals surface area contributed by atoms with Crippen molar-refractivity contribution >= 4 is 5.69 Å². The van der Waals surface area contributed by atoms with Crippen LogP contribution in [0.3, 0.4) is 0 Å². The van der Waals surface area contributed by atoms with Crippen molar-refractivity contribution in [2.75, 3.05) is 11.9 Å². The van der Waals surface area contributed by atoms with Crippen molar-refractivity contribution in [1.82, 2.24) is 0 Å². The number of hydrogen-bond acceptors (Lipinski definition) is 2. The highest BCUT2D eigenvalue weighted by atomic mass is 19.1. The molecule has 0 heterocycles. The Kier molecular flexibility index (Phi) is 2.95. The smallest absolute Gasteiger partial charge is 0.126 e. The van der Waals surface area contributed by atoms with Gasteiger partial charge >= 0.3 is 0 Å². The molecule has 0 amide bonds. The largest absolute Gasteiger partial charge is 0.385 e. The second-order valence-corrected chi connectivity index (χ2v) is 5.56. The monoisotopic (exact) mass is 244 g/mol. The number of halogens is 1. The van der Waals surface area contributed by atoms with Crippen molar-refractivity contribution in [2.24, 2.45) is 17.8 Å². The molecular weight excluding hydrogens is 227 g/mol. The molecule has 18 heavy (non-hydrogen) atoms. The van der Waals surface area contributed by atoms with Crippen LogP contribution < -0.4 is 5.32 Å². The highest BCUT2D eigenvalue weighted by molar-refractivity contribution is 5.49. The summed E-state index contributed by atoms with van der Waals surface area (Å²) in [7, 11) is 0. The lowest BCUT2D eigenvalue weighted by molar-refractivity contribution is 0.428. The molecule has 0 radical (unpaired) electrons. The van der Waals surface area contributed by atoms with Gasteiger partial charge in [0.2, 0.25) is 0 Å². The fraction of sp³-hybridized carbons (Fsp3) is 0.533. The first-order valence-corrected chi connectivity index (χ1v) is 6.71. The van der Waals surface area contributed by atoms with Crippen LogP contribution in [0.15, 0.2) is 18.2 Å². The molecule has 0 atom stereocenters. The highest BCUT2D eigenvalue weighted by Gasteiger charge is 2.40. The molecule has 2 aliphatic rings. The minimum Gasteiger partial charge on any atom is -0.385 e. The Morgan fingerprint density at radius 2 is 1.89 bits per heavy atom. The zero-order valence-electron chi connectivity index (χ0n) is 10.3. The highest BCUT2D eigenvalue weighted by Crippen LogP contribution is 2.49. The first-order chi connectivity index (χ1) is 8.76. The van der Waals surface area contributed by atoms with Gasteiger partial charge in [0, 0.05) is 12.2 Å². The first-order valence-electron chi connectivity index (χ1n) is 6.71. The van der Waals surface area contributed by atoms with Crippen LogP contribution in [0.2, 0.25) is 0 Å². The summed E-state index contributed by atoms with van der Waals surface area (Å²) in [6, 6.07) is 6.45. The number of nitrogens with one attached hydrogen (secondary N) is 1. The summed E-state index contributed by atoms with van der Waals surface area (Å²) in [6.07, 6.45) is 5.43. The van der Waals surface area contributed by atoms with E-state index in [1.54, 1.807) is 6.07 Å². The Morgan fingerprint density at radius 1 is 1.22 bits per heavy atom. The summed E-state index contributed by atoms with van der Waals surface area (Å²) in [6.45, 7) is 0.920. The standard InChI is InChI=1S/C15H17FN2/c16-13-5-10(8-17)6-14(7-13)18-9-15(11-1-2-11)12-3-4-12/h5-7,11-12,15,18H,1-4,9H2. The summed E-state index contributed by atoms with van der Waals surface area (Å²) in [5, 5.41) is 12.1. The molecule has 0 bridgehead atoms. The molecule has 0 saturated heterocycles. The Bertz CT molecular complexity index is 472. The van der Waals surface area contributed by atoms with Crippen molar-refractivity contribution < 1.29 is 4.39 Å². The predicted octanol–water partition coefficient (Wildman–Crippen LogP) is 3.55. The van der Waals surface area contributed by atoms with Gasteiger partial charge in [-0.2, -0.15) is 5.26 Å². The van der Waals surface area contributed by atoms with Gasteiger partial charge in [-0.3, -0.25) is 0 Å². The van der Waals surface area contributed by atoms with E-state index in [-0.39, 0.29) is 5.82 Å². The van der Waals surface area contributed by atoms with Crippen LogP contribution in [-0.4, -0.2) is 6.54 Å². The minimum absolute atomic E-state index is 0.342. The molecule has 0 aliphatic heterocycles. The maximum atomic E-state index is 13.3. The summed E-state index contributed by atoms with van der Waals surface area (Å²) in [5.41, 5.74) is 1.12. The van der Waals surface area contributed by atoms with E-state index in [0.29, 0.717) is 5.56 Å². The molecule has 0 unspecified atom stereocenters. The van der Waals surface area contributed by atoms with E-state index in [1.165, 1.54) is 37.8 Å². The van der Waals surface area contributed by atoms with Crippen LogP contribution in [0.4, 0.5) is 10.1 Å². The normalized spacial score (nSPS) is 18.7. The number of hydrogen-bond donors (Lipinski definition) is 1. The number of anilines is 1. The average molecular weight is 244 g/mol. The zero-order valence-corrected chi connectivity index (χ0v) is 10.3. The summed E-state index contributed by atoms with van der Waals surface area (Å²) < 4.78 is 13.3. The van der Waals surface area contributed by atoms with Crippen LogP contribution in [-0.2, 0) is 0 Å². The van der Waals surface area contributed by atoms with Crippen LogP contribution in [0.1, 0.15) is 31.2 Å². The molecule has 0 aromatic heterocycles. The van der Waals surface area contributed by atoms with Gasteiger partial charge in [0.05, 0.1) is 11.6 Å². The molecule has 1 N–H and O–H groups in total. The topological polar surface area (TPSA) is 35.8 Å². The van der Waals surface area contributed by atoms with Gasteiger partial charge in [0.25, 0.3) is 0 Å². The molecule has 2 nitrogen and oxygen atoms in total. The molecule has 2 fully saturated rings. The third-order valence-corrected chi connectivity index (χ3v) is 4.02. The molecule has 3 heteroatoms. The second-order valence-electron chi connectivity index (χ2n) is 5.56. The fourth-order valence-electron chi connectivity index (χ4n) is 2.76. The molecule has 1 aromatic carbocycles. The molecule has 1 aromatic rings. The van der Waals surface area contributed by atoms with Crippen molar-refractivity contribution in [3.05, 3.63) is 29.6 Å². The summed E-state index contributed by atoms with van der Waals surface area (Å²) in [5.74, 6) is 2.17. The first kappa shape index (κ1) is 11.5. The molecule has 94 valence electrons. The number of nitrogens with zero attached hydrogens (tertiary/aromatic N) is 1. The van der Waals surface area contributed by atoms with E-state index in [0.717, 1.165) is 30.0 Å². The second kappa shape index (κ2) is 4.61. The van der Waals surface area contributed by atoms with E-state index < -0.39 is 0 Å². The van der Waals surface area contributed by atoms with Gasteiger partial charge < -0.3 is 5.32 Å². The van der Waals surface area contributed by atoms with E-state index in [1.807, 2.05) is 6.07 Å². The number of benzene rings is 1. The van der Waals surface area contributed by atoms with E-state index in [2.05, 4.69) is 5.32 Å². The quantitative estimate of drug-likeness (QED) is 0.859. The SMILES string of the molecule is N#Cc1cc(F)cc(NCC(C2CC2)C2CC2)c1. The lowest BCUT2D eigenvalue weighted by Crippen LogP contribution is -2.18. The van der Waals surface area contributed by atoms with Gasteiger partial charge in [0.15, 0.2) is 0 Å². The van der Waals surface area contributed by atoms with Crippen LogP contribution >= 0.6 is 0 Å². The average Bonchev–Trinajstić information content (AvgIpc) is 3.22. The molecule has 0 spiro atoms. The van der Waals surface area contributed by atoms with Crippen LogP contribution in [0.5, 0.6) is 0 Å². The van der Waals surface area contributed by atoms with Crippen LogP contribution in [0, 0.1) is 34.9 Å². The van der Waals surface area contributed by atoms with Crippen molar-refractivity contribution in [3.63, 3.8) is 0 Å². The minimum atomic E-state index is -0.342. The summed E-state index contributed by atoms with van der Waals surface area (Å²) >= 11 is 0. The fourth-order valence-corrected chi connectivity index (χ4v) is 2.76. The lowest BCUT2D eigenvalue weighted by Gasteiger charge is -2.17. The van der Waals surface area contributed by atoms with Crippen molar-refractivity contribution in [1.29, 1.82) is 5.26 Å². The third kappa shape index (κ3) is 2.64. The number of rotatable bonds is 5. The number of nitriles is 1. The molecule has 3 rings (SSSR count). The third-order valence-electron chi connectivity index (χ3n) is 4.02. The lowest BCUT2D eigenvalue weighted by atomic mass is 9.98. The predicted molar refractivity (Wildman–Crippen MR) is 68.5 cm³/mol. The molecular formula is C15H17FN2.